The van der Waals surface area contributed by atoms with E-state index in [0.717, 1.165) is 12.0 Å². The molecule has 2 N–H and O–H groups in total. The van der Waals surface area contributed by atoms with Crippen LogP contribution < -0.4 is 16.5 Å². The lowest BCUT2D eigenvalue weighted by Crippen LogP contribution is -2.36. The number of rotatable bonds is 4. The van der Waals surface area contributed by atoms with Crippen molar-refractivity contribution in [2.75, 3.05) is 11.6 Å². The summed E-state index contributed by atoms with van der Waals surface area (Å²) in [7, 11) is 1.65. The Morgan fingerprint density at radius 2 is 1.95 bits per heavy atom. The van der Waals surface area contributed by atoms with Crippen molar-refractivity contribution in [3.63, 3.8) is 0 Å². The lowest BCUT2D eigenvalue weighted by atomic mass is 10.2. The van der Waals surface area contributed by atoms with Crippen LogP contribution in [0.4, 0.5) is 5.95 Å². The number of hydrogen-bond acceptors (Lipinski definition) is 5. The van der Waals surface area contributed by atoms with Crippen molar-refractivity contribution in [1.29, 1.82) is 0 Å². The molecule has 0 radical (unpaired) electrons. The van der Waals surface area contributed by atoms with Crippen LogP contribution in [0.25, 0.3) is 11.4 Å². The number of hydrogen-bond donors (Lipinski definition) is 1. The second-order valence-corrected chi connectivity index (χ2v) is 4.25. The molecule has 0 aliphatic rings. The van der Waals surface area contributed by atoms with Crippen molar-refractivity contribution in [2.45, 2.75) is 13.3 Å². The summed E-state index contributed by atoms with van der Waals surface area (Å²) in [6.07, 6.45) is 0.857. The molecular weight excluding hydrogens is 242 g/mol. The second-order valence-electron chi connectivity index (χ2n) is 4.25. The smallest absolute Gasteiger partial charge is 0.279 e. The Balaban J connectivity index is 2.52. The minimum atomic E-state index is -0.365. The maximum absolute atomic E-state index is 11.9. The highest BCUT2D eigenvalue weighted by molar-refractivity contribution is 5.56. The average Bonchev–Trinajstić information content (AvgIpc) is 2.43. The monoisotopic (exact) mass is 259 g/mol. The molecule has 19 heavy (non-hydrogen) atoms. The number of nitrogens with zero attached hydrogens (tertiary/aromatic N) is 4. The zero-order valence-electron chi connectivity index (χ0n) is 11.1. The Bertz CT molecular complexity index is 608. The van der Waals surface area contributed by atoms with Crippen LogP contribution in [0.5, 0.6) is 0 Å². The van der Waals surface area contributed by atoms with E-state index >= 15 is 0 Å². The van der Waals surface area contributed by atoms with Gasteiger partial charge in [0.2, 0.25) is 5.95 Å². The largest absolute Gasteiger partial charge is 0.352 e. The number of aromatic nitrogens is 3. The zero-order valence-corrected chi connectivity index (χ0v) is 11.1. The summed E-state index contributed by atoms with van der Waals surface area (Å²) in [6.45, 7) is 2.60. The molecule has 1 heterocycles. The Hall–Kier alpha value is -2.21. The normalized spacial score (nSPS) is 10.5. The first-order valence-corrected chi connectivity index (χ1v) is 6.16. The summed E-state index contributed by atoms with van der Waals surface area (Å²) in [6, 6.07) is 9.50. The SMILES string of the molecule is CCCN(N)c1nc(-c2ccccc2)n(C)c(=O)n1. The van der Waals surface area contributed by atoms with Crippen LogP contribution in [0.1, 0.15) is 13.3 Å². The first kappa shape index (κ1) is 13.2. The molecule has 0 saturated carbocycles. The van der Waals surface area contributed by atoms with Crippen LogP contribution in [0.2, 0.25) is 0 Å². The second kappa shape index (κ2) is 5.62. The van der Waals surface area contributed by atoms with Gasteiger partial charge in [0.1, 0.15) is 5.82 Å². The standard InChI is InChI=1S/C13H17N5O/c1-3-9-18(14)12-15-11(17(2)13(19)16-12)10-7-5-4-6-8-10/h4-8H,3,9,14H2,1-2H3. The van der Waals surface area contributed by atoms with Gasteiger partial charge in [-0.1, -0.05) is 37.3 Å². The van der Waals surface area contributed by atoms with Gasteiger partial charge in [0, 0.05) is 19.2 Å². The number of hydrazine groups is 1. The van der Waals surface area contributed by atoms with Crippen molar-refractivity contribution in [3.05, 3.63) is 40.8 Å². The van der Waals surface area contributed by atoms with Gasteiger partial charge in [-0.2, -0.15) is 9.97 Å². The molecule has 6 nitrogen and oxygen atoms in total. The summed E-state index contributed by atoms with van der Waals surface area (Å²) in [5.41, 5.74) is 0.492. The van der Waals surface area contributed by atoms with Crippen molar-refractivity contribution >= 4 is 5.95 Å². The molecule has 0 bridgehead atoms. The molecule has 1 aromatic carbocycles. The third-order valence-electron chi connectivity index (χ3n) is 2.76. The Morgan fingerprint density at radius 3 is 2.58 bits per heavy atom. The third-order valence-corrected chi connectivity index (χ3v) is 2.76. The van der Waals surface area contributed by atoms with Gasteiger partial charge in [-0.15, -0.1) is 0 Å². The van der Waals surface area contributed by atoms with E-state index in [1.165, 1.54) is 9.58 Å². The van der Waals surface area contributed by atoms with Gasteiger partial charge in [-0.05, 0) is 6.42 Å². The van der Waals surface area contributed by atoms with Gasteiger partial charge < -0.3 is 0 Å². The molecule has 0 spiro atoms. The minimum Gasteiger partial charge on any atom is -0.279 e. The van der Waals surface area contributed by atoms with Crippen LogP contribution in [0, 0.1) is 0 Å². The van der Waals surface area contributed by atoms with Crippen LogP contribution >= 0.6 is 0 Å². The van der Waals surface area contributed by atoms with Gasteiger partial charge in [-0.25, -0.2) is 10.6 Å². The van der Waals surface area contributed by atoms with E-state index in [4.69, 9.17) is 5.84 Å². The topological polar surface area (TPSA) is 77.0 Å². The molecule has 1 aromatic heterocycles. The summed E-state index contributed by atoms with van der Waals surface area (Å²) < 4.78 is 1.42. The molecule has 2 aromatic rings. The van der Waals surface area contributed by atoms with Gasteiger partial charge in [-0.3, -0.25) is 9.58 Å². The fraction of sp³-hybridized carbons (Fsp3) is 0.308. The molecule has 0 aliphatic carbocycles. The highest BCUT2D eigenvalue weighted by Crippen LogP contribution is 2.15. The molecule has 0 amide bonds. The van der Waals surface area contributed by atoms with Crippen molar-refractivity contribution < 1.29 is 0 Å². The molecule has 6 heteroatoms. The first-order chi connectivity index (χ1) is 9.13. The lowest BCUT2D eigenvalue weighted by Gasteiger charge is -2.16. The Morgan fingerprint density at radius 1 is 1.26 bits per heavy atom. The minimum absolute atomic E-state index is 0.254. The van der Waals surface area contributed by atoms with E-state index in [0.29, 0.717) is 12.4 Å². The zero-order chi connectivity index (χ0) is 13.8. The van der Waals surface area contributed by atoms with Crippen molar-refractivity contribution in [3.8, 4) is 11.4 Å². The van der Waals surface area contributed by atoms with Gasteiger partial charge in [0.25, 0.3) is 0 Å². The van der Waals surface area contributed by atoms with E-state index in [1.54, 1.807) is 7.05 Å². The van der Waals surface area contributed by atoms with Crippen LogP contribution in [0.3, 0.4) is 0 Å². The van der Waals surface area contributed by atoms with Gasteiger partial charge in [0.05, 0.1) is 0 Å². The highest BCUT2D eigenvalue weighted by Gasteiger charge is 2.12. The molecule has 0 unspecified atom stereocenters. The number of benzene rings is 1. The van der Waals surface area contributed by atoms with Crippen molar-refractivity contribution in [1.82, 2.24) is 14.5 Å². The molecule has 100 valence electrons. The Kier molecular flexibility index (Phi) is 3.91. The number of anilines is 1. The molecule has 0 saturated heterocycles. The predicted octanol–water partition coefficient (Wildman–Crippen LogP) is 0.932. The maximum Gasteiger partial charge on any atom is 0.352 e. The summed E-state index contributed by atoms with van der Waals surface area (Å²) >= 11 is 0. The van der Waals surface area contributed by atoms with Gasteiger partial charge >= 0.3 is 5.69 Å². The molecule has 0 fully saturated rings. The quantitative estimate of drug-likeness (QED) is 0.653. The highest BCUT2D eigenvalue weighted by atomic mass is 16.1. The van der Waals surface area contributed by atoms with Crippen LogP contribution in [-0.4, -0.2) is 21.1 Å². The average molecular weight is 259 g/mol. The predicted molar refractivity (Wildman–Crippen MR) is 74.5 cm³/mol. The van der Waals surface area contributed by atoms with Crippen LogP contribution in [0.15, 0.2) is 35.1 Å². The molecule has 0 aliphatic heterocycles. The fourth-order valence-corrected chi connectivity index (χ4v) is 1.76. The molecular formula is C13H17N5O. The molecule has 0 atom stereocenters. The van der Waals surface area contributed by atoms with E-state index < -0.39 is 0 Å². The van der Waals surface area contributed by atoms with E-state index in [1.807, 2.05) is 37.3 Å². The van der Waals surface area contributed by atoms with E-state index in [-0.39, 0.29) is 11.6 Å². The summed E-state index contributed by atoms with van der Waals surface area (Å²) in [4.78, 5) is 20.1. The first-order valence-electron chi connectivity index (χ1n) is 6.16. The maximum atomic E-state index is 11.9. The Labute approximate surface area is 111 Å². The number of nitrogens with two attached hydrogens (primary N) is 1. The summed E-state index contributed by atoms with van der Waals surface area (Å²) in [5.74, 6) is 6.64. The molecule has 2 rings (SSSR count). The van der Waals surface area contributed by atoms with Crippen molar-refractivity contribution in [2.24, 2.45) is 12.9 Å². The lowest BCUT2D eigenvalue weighted by molar-refractivity contribution is 0.725. The van der Waals surface area contributed by atoms with E-state index in [2.05, 4.69) is 9.97 Å². The fourth-order valence-electron chi connectivity index (χ4n) is 1.76. The summed E-state index contributed by atoms with van der Waals surface area (Å²) in [5, 5.41) is 1.40. The van der Waals surface area contributed by atoms with E-state index in [9.17, 15) is 4.79 Å². The van der Waals surface area contributed by atoms with Crippen LogP contribution in [-0.2, 0) is 7.05 Å². The van der Waals surface area contributed by atoms with Gasteiger partial charge in [0.15, 0.2) is 0 Å². The third kappa shape index (κ3) is 2.79.